The van der Waals surface area contributed by atoms with E-state index >= 15 is 0 Å². The third kappa shape index (κ3) is 4.57. The van der Waals surface area contributed by atoms with Gasteiger partial charge in [0.25, 0.3) is 11.8 Å². The molecule has 2 aromatic rings. The second kappa shape index (κ2) is 7.77. The number of aliphatic carboxylic acids is 1. The molecule has 0 radical (unpaired) electrons. The average Bonchev–Trinajstić information content (AvgIpc) is 3.07. The Kier molecular flexibility index (Phi) is 5.51. The Morgan fingerprint density at radius 2 is 1.83 bits per heavy atom. The lowest BCUT2D eigenvalue weighted by Gasteiger charge is -2.13. The van der Waals surface area contributed by atoms with Crippen molar-refractivity contribution in [2.45, 2.75) is 13.0 Å². The highest BCUT2D eigenvalue weighted by Crippen LogP contribution is 2.08. The van der Waals surface area contributed by atoms with Gasteiger partial charge in [0.1, 0.15) is 17.5 Å². The molecule has 7 heteroatoms. The van der Waals surface area contributed by atoms with Crippen molar-refractivity contribution in [3.05, 3.63) is 65.7 Å². The molecule has 0 bridgehead atoms. The third-order valence-corrected chi connectivity index (χ3v) is 3.08. The summed E-state index contributed by atoms with van der Waals surface area (Å²) in [5, 5.41) is 13.6. The monoisotopic (exact) mass is 328 g/mol. The van der Waals surface area contributed by atoms with Crippen molar-refractivity contribution in [1.82, 2.24) is 10.6 Å². The Bertz CT molecular complexity index is 751. The van der Waals surface area contributed by atoms with Gasteiger partial charge in [-0.3, -0.25) is 14.4 Å². The first-order chi connectivity index (χ1) is 11.5. The summed E-state index contributed by atoms with van der Waals surface area (Å²) in [5.74, 6) is -2.07. The zero-order chi connectivity index (χ0) is 17.5. The molecule has 0 saturated heterocycles. The first kappa shape index (κ1) is 17.0. The maximum Gasteiger partial charge on any atom is 0.325 e. The quantitative estimate of drug-likeness (QED) is 0.699. The molecule has 1 atom stereocenters. The van der Waals surface area contributed by atoms with E-state index in [0.717, 1.165) is 0 Å². The van der Waals surface area contributed by atoms with Crippen LogP contribution < -0.4 is 10.6 Å². The molecule has 0 aliphatic carbocycles. The second-order valence-electron chi connectivity index (χ2n) is 4.93. The number of carboxylic acid groups (broad SMARTS) is 1. The summed E-state index contributed by atoms with van der Waals surface area (Å²) in [7, 11) is 0. The Hall–Kier alpha value is -3.35. The van der Waals surface area contributed by atoms with Gasteiger partial charge in [0.2, 0.25) is 0 Å². The van der Waals surface area contributed by atoms with Gasteiger partial charge in [0.15, 0.2) is 0 Å². The van der Waals surface area contributed by atoms with Crippen LogP contribution in [0.5, 0.6) is 0 Å². The van der Waals surface area contributed by atoms with Gasteiger partial charge in [-0.2, -0.15) is 0 Å². The molecule has 124 valence electrons. The number of benzene rings is 1. The van der Waals surface area contributed by atoms with Crippen LogP contribution in [0.25, 0.3) is 6.08 Å². The number of hydrogen-bond acceptors (Lipinski definition) is 4. The van der Waals surface area contributed by atoms with E-state index in [-0.39, 0.29) is 5.70 Å². The molecule has 1 aromatic heterocycles. The minimum absolute atomic E-state index is 0.119. The van der Waals surface area contributed by atoms with Crippen LogP contribution in [0, 0.1) is 0 Å². The lowest BCUT2D eigenvalue weighted by atomic mass is 10.2. The summed E-state index contributed by atoms with van der Waals surface area (Å²) in [6, 6.07) is 10.5. The fourth-order valence-corrected chi connectivity index (χ4v) is 1.79. The molecular formula is C17H16N2O5. The van der Waals surface area contributed by atoms with E-state index in [2.05, 4.69) is 10.6 Å². The summed E-state index contributed by atoms with van der Waals surface area (Å²) in [6.07, 6.45) is 2.74. The number of furan rings is 1. The van der Waals surface area contributed by atoms with E-state index in [9.17, 15) is 14.4 Å². The van der Waals surface area contributed by atoms with Gasteiger partial charge in [-0.25, -0.2) is 0 Å². The van der Waals surface area contributed by atoms with Crippen molar-refractivity contribution in [3.63, 3.8) is 0 Å². The van der Waals surface area contributed by atoms with Gasteiger partial charge in [-0.05, 0) is 31.2 Å². The van der Waals surface area contributed by atoms with Gasteiger partial charge >= 0.3 is 5.97 Å². The van der Waals surface area contributed by atoms with E-state index in [4.69, 9.17) is 9.52 Å². The summed E-state index contributed by atoms with van der Waals surface area (Å²) in [6.45, 7) is 1.32. The van der Waals surface area contributed by atoms with Crippen LogP contribution in [0.15, 0.2) is 58.8 Å². The van der Waals surface area contributed by atoms with Crippen LogP contribution >= 0.6 is 0 Å². The third-order valence-electron chi connectivity index (χ3n) is 3.08. The number of hydrogen-bond donors (Lipinski definition) is 3. The van der Waals surface area contributed by atoms with E-state index in [1.54, 1.807) is 42.5 Å². The predicted molar refractivity (Wildman–Crippen MR) is 85.8 cm³/mol. The van der Waals surface area contributed by atoms with Gasteiger partial charge in [0, 0.05) is 11.6 Å². The molecule has 0 saturated carbocycles. The molecule has 0 unspecified atom stereocenters. The first-order valence-corrected chi connectivity index (χ1v) is 7.12. The maximum atomic E-state index is 12.3. The van der Waals surface area contributed by atoms with Crippen LogP contribution in [0.4, 0.5) is 0 Å². The second-order valence-corrected chi connectivity index (χ2v) is 4.93. The minimum atomic E-state index is -1.19. The molecule has 7 nitrogen and oxygen atoms in total. The molecule has 1 aromatic carbocycles. The van der Waals surface area contributed by atoms with Crippen LogP contribution in [0.2, 0.25) is 0 Å². The smallest absolute Gasteiger partial charge is 0.325 e. The first-order valence-electron chi connectivity index (χ1n) is 7.12. The minimum Gasteiger partial charge on any atom is -0.480 e. The largest absolute Gasteiger partial charge is 0.480 e. The zero-order valence-electron chi connectivity index (χ0n) is 12.9. The van der Waals surface area contributed by atoms with Crippen LogP contribution in [-0.4, -0.2) is 28.9 Å². The normalized spacial score (nSPS) is 12.3. The van der Waals surface area contributed by atoms with Crippen molar-refractivity contribution in [2.75, 3.05) is 0 Å². The molecule has 2 rings (SSSR count). The number of carbonyl (C=O) groups excluding carboxylic acids is 2. The molecule has 0 spiro atoms. The topological polar surface area (TPSA) is 109 Å². The van der Waals surface area contributed by atoms with Crippen LogP contribution in [0.3, 0.4) is 0 Å². The van der Waals surface area contributed by atoms with E-state index in [0.29, 0.717) is 11.3 Å². The molecule has 3 N–H and O–H groups in total. The van der Waals surface area contributed by atoms with Crippen molar-refractivity contribution < 1.29 is 23.9 Å². The summed E-state index contributed by atoms with van der Waals surface area (Å²) in [5.41, 5.74) is 0.244. The maximum absolute atomic E-state index is 12.3. The SMILES string of the molecule is C[C@H](NC(=O)/C(=C\c1ccco1)NC(=O)c1ccccc1)C(=O)O. The standard InChI is InChI=1S/C17H16N2O5/c1-11(17(22)23)18-16(21)14(10-13-8-5-9-24-13)19-15(20)12-6-3-2-4-7-12/h2-11H,1H3,(H,18,21)(H,19,20)(H,22,23)/b14-10+/t11-/m0/s1. The van der Waals surface area contributed by atoms with Gasteiger partial charge in [0.05, 0.1) is 6.26 Å². The average molecular weight is 328 g/mol. The van der Waals surface area contributed by atoms with E-state index < -0.39 is 23.8 Å². The summed E-state index contributed by atoms with van der Waals surface area (Å²) in [4.78, 5) is 35.4. The Morgan fingerprint density at radius 1 is 1.12 bits per heavy atom. The number of nitrogens with one attached hydrogen (secondary N) is 2. The molecule has 24 heavy (non-hydrogen) atoms. The van der Waals surface area contributed by atoms with E-state index in [1.807, 2.05) is 0 Å². The Balaban J connectivity index is 2.22. The van der Waals surface area contributed by atoms with Gasteiger partial charge < -0.3 is 20.2 Å². The van der Waals surface area contributed by atoms with E-state index in [1.165, 1.54) is 19.3 Å². The number of rotatable bonds is 6. The zero-order valence-corrected chi connectivity index (χ0v) is 12.9. The predicted octanol–water partition coefficient (Wildman–Crippen LogP) is 1.64. The number of amides is 2. The molecule has 1 heterocycles. The van der Waals surface area contributed by atoms with Crippen molar-refractivity contribution in [1.29, 1.82) is 0 Å². The highest BCUT2D eigenvalue weighted by molar-refractivity contribution is 6.05. The highest BCUT2D eigenvalue weighted by Gasteiger charge is 2.19. The molecule has 0 aliphatic rings. The molecule has 2 amide bonds. The van der Waals surface area contributed by atoms with Crippen molar-refractivity contribution in [3.8, 4) is 0 Å². The number of carbonyl (C=O) groups is 3. The van der Waals surface area contributed by atoms with Crippen LogP contribution in [0.1, 0.15) is 23.0 Å². The Morgan fingerprint density at radius 3 is 2.42 bits per heavy atom. The van der Waals surface area contributed by atoms with Gasteiger partial charge in [-0.1, -0.05) is 18.2 Å². The fraction of sp³-hybridized carbons (Fsp3) is 0.118. The molecule has 0 aliphatic heterocycles. The highest BCUT2D eigenvalue weighted by atomic mass is 16.4. The fourth-order valence-electron chi connectivity index (χ4n) is 1.79. The van der Waals surface area contributed by atoms with Crippen LogP contribution in [-0.2, 0) is 9.59 Å². The molecule has 0 fully saturated rings. The lowest BCUT2D eigenvalue weighted by Crippen LogP contribution is -2.42. The number of carboxylic acids is 1. The van der Waals surface area contributed by atoms with Gasteiger partial charge in [-0.15, -0.1) is 0 Å². The lowest BCUT2D eigenvalue weighted by molar-refractivity contribution is -0.140. The van der Waals surface area contributed by atoms with Crippen molar-refractivity contribution in [2.24, 2.45) is 0 Å². The molecular weight excluding hydrogens is 312 g/mol. The summed E-state index contributed by atoms with van der Waals surface area (Å²) >= 11 is 0. The Labute approximate surface area is 138 Å². The van der Waals surface area contributed by atoms with Crippen molar-refractivity contribution >= 4 is 23.9 Å². The summed E-state index contributed by atoms with van der Waals surface area (Å²) < 4.78 is 5.13.